The summed E-state index contributed by atoms with van der Waals surface area (Å²) in [4.78, 5) is 12.8. The molecule has 0 atom stereocenters. The number of carbonyl (C=O) groups excluding carboxylic acids is 1. The zero-order valence-corrected chi connectivity index (χ0v) is 17.5. The maximum absolute atomic E-state index is 14.1. The standard InChI is InChI=1S/C19H21BrFNO4S/c1-3-11-27(24,25)22(16-8-9-18(26-2)17(21)13-16)19(23)10-7-14-5-4-6-15(20)12-14/h4-6,8-9,12-13H,3,7,10-11H2,1-2H3. The van der Waals surface area contributed by atoms with Crippen molar-refractivity contribution in [3.8, 4) is 5.75 Å². The molecule has 0 fully saturated rings. The minimum absolute atomic E-state index is 0.0202. The van der Waals surface area contributed by atoms with Gasteiger partial charge in [-0.2, -0.15) is 0 Å². The number of nitrogens with zero attached hydrogens (tertiary/aromatic N) is 1. The first-order chi connectivity index (χ1) is 12.8. The molecule has 0 N–H and O–H groups in total. The number of anilines is 1. The van der Waals surface area contributed by atoms with Crippen LogP contribution in [0.3, 0.4) is 0 Å². The summed E-state index contributed by atoms with van der Waals surface area (Å²) in [6, 6.07) is 11.1. The van der Waals surface area contributed by atoms with Crippen molar-refractivity contribution in [2.45, 2.75) is 26.2 Å². The smallest absolute Gasteiger partial charge is 0.241 e. The molecule has 0 saturated carbocycles. The van der Waals surface area contributed by atoms with Gasteiger partial charge in [-0.05, 0) is 42.7 Å². The molecule has 2 rings (SSSR count). The van der Waals surface area contributed by atoms with Crippen LogP contribution in [-0.2, 0) is 21.2 Å². The third-order valence-electron chi connectivity index (χ3n) is 3.85. The second-order valence-corrected chi connectivity index (χ2v) is 8.78. The van der Waals surface area contributed by atoms with Gasteiger partial charge in [0.2, 0.25) is 15.9 Å². The number of aryl methyl sites for hydroxylation is 1. The number of halogens is 2. The number of ether oxygens (including phenoxy) is 1. The van der Waals surface area contributed by atoms with E-state index in [4.69, 9.17) is 4.74 Å². The van der Waals surface area contributed by atoms with E-state index in [0.717, 1.165) is 16.1 Å². The summed E-state index contributed by atoms with van der Waals surface area (Å²) >= 11 is 3.36. The van der Waals surface area contributed by atoms with E-state index in [0.29, 0.717) is 17.1 Å². The summed E-state index contributed by atoms with van der Waals surface area (Å²) in [5.74, 6) is -1.56. The Morgan fingerprint density at radius 1 is 1.22 bits per heavy atom. The van der Waals surface area contributed by atoms with Gasteiger partial charge in [-0.3, -0.25) is 4.79 Å². The number of benzene rings is 2. The highest BCUT2D eigenvalue weighted by molar-refractivity contribution is 9.10. The third-order valence-corrected chi connectivity index (χ3v) is 6.24. The fourth-order valence-electron chi connectivity index (χ4n) is 2.64. The molecule has 0 radical (unpaired) electrons. The van der Waals surface area contributed by atoms with Gasteiger partial charge in [-0.15, -0.1) is 0 Å². The average molecular weight is 458 g/mol. The van der Waals surface area contributed by atoms with Gasteiger partial charge in [-0.1, -0.05) is 35.0 Å². The number of methoxy groups -OCH3 is 1. The monoisotopic (exact) mass is 457 g/mol. The van der Waals surface area contributed by atoms with Crippen LogP contribution in [-0.4, -0.2) is 27.2 Å². The molecule has 0 aliphatic heterocycles. The van der Waals surface area contributed by atoms with E-state index in [1.54, 1.807) is 6.92 Å². The second-order valence-electron chi connectivity index (χ2n) is 5.92. The molecule has 0 spiro atoms. The minimum Gasteiger partial charge on any atom is -0.494 e. The molecule has 0 saturated heterocycles. The van der Waals surface area contributed by atoms with E-state index in [9.17, 15) is 17.6 Å². The van der Waals surface area contributed by atoms with Gasteiger partial charge in [0.1, 0.15) is 0 Å². The zero-order chi connectivity index (χ0) is 20.0. The number of hydrogen-bond acceptors (Lipinski definition) is 4. The van der Waals surface area contributed by atoms with Crippen molar-refractivity contribution < 1.29 is 22.3 Å². The molecule has 2 aromatic carbocycles. The van der Waals surface area contributed by atoms with Crippen LogP contribution in [0.15, 0.2) is 46.9 Å². The maximum Gasteiger partial charge on any atom is 0.241 e. The van der Waals surface area contributed by atoms with E-state index < -0.39 is 21.7 Å². The van der Waals surface area contributed by atoms with Crippen LogP contribution in [0.4, 0.5) is 10.1 Å². The molecule has 8 heteroatoms. The number of rotatable bonds is 8. The Labute approximate surface area is 167 Å². The topological polar surface area (TPSA) is 63.7 Å². The highest BCUT2D eigenvalue weighted by Gasteiger charge is 2.29. The second kappa shape index (κ2) is 9.32. The molecule has 0 aromatic heterocycles. The molecular formula is C19H21BrFNO4S. The van der Waals surface area contributed by atoms with Crippen molar-refractivity contribution in [3.63, 3.8) is 0 Å². The zero-order valence-electron chi connectivity index (χ0n) is 15.1. The molecule has 0 bridgehead atoms. The molecular weight excluding hydrogens is 437 g/mol. The van der Waals surface area contributed by atoms with Gasteiger partial charge >= 0.3 is 0 Å². The Balaban J connectivity index is 2.32. The lowest BCUT2D eigenvalue weighted by Crippen LogP contribution is -2.38. The van der Waals surface area contributed by atoms with E-state index in [1.807, 2.05) is 24.3 Å². The van der Waals surface area contributed by atoms with Crippen LogP contribution in [0.5, 0.6) is 5.75 Å². The fourth-order valence-corrected chi connectivity index (χ4v) is 4.62. The molecule has 2 aromatic rings. The Morgan fingerprint density at radius 2 is 1.96 bits per heavy atom. The van der Waals surface area contributed by atoms with Crippen LogP contribution in [0.2, 0.25) is 0 Å². The number of carbonyl (C=O) groups is 1. The minimum atomic E-state index is -3.91. The predicted molar refractivity (Wildman–Crippen MR) is 107 cm³/mol. The molecule has 27 heavy (non-hydrogen) atoms. The summed E-state index contributed by atoms with van der Waals surface area (Å²) in [6.07, 6.45) is 0.693. The third kappa shape index (κ3) is 5.52. The van der Waals surface area contributed by atoms with Crippen LogP contribution < -0.4 is 9.04 Å². The van der Waals surface area contributed by atoms with Crippen LogP contribution in [0, 0.1) is 5.82 Å². The first-order valence-corrected chi connectivity index (χ1v) is 10.8. The van der Waals surface area contributed by atoms with E-state index in [1.165, 1.54) is 19.2 Å². The Kier molecular flexibility index (Phi) is 7.38. The molecule has 0 aliphatic carbocycles. The van der Waals surface area contributed by atoms with Gasteiger partial charge in [0, 0.05) is 17.0 Å². The molecule has 5 nitrogen and oxygen atoms in total. The normalized spacial score (nSPS) is 11.3. The maximum atomic E-state index is 14.1. The van der Waals surface area contributed by atoms with E-state index in [2.05, 4.69) is 15.9 Å². The van der Waals surface area contributed by atoms with E-state index >= 15 is 0 Å². The average Bonchev–Trinajstić information content (AvgIpc) is 2.60. The van der Waals surface area contributed by atoms with Crippen molar-refractivity contribution >= 4 is 37.5 Å². The summed E-state index contributed by atoms with van der Waals surface area (Å²) < 4.78 is 45.8. The van der Waals surface area contributed by atoms with Crippen molar-refractivity contribution in [2.75, 3.05) is 17.2 Å². The van der Waals surface area contributed by atoms with Crippen molar-refractivity contribution in [3.05, 3.63) is 58.3 Å². The number of hydrogen-bond donors (Lipinski definition) is 0. The molecule has 0 aliphatic rings. The molecule has 0 heterocycles. The lowest BCUT2D eigenvalue weighted by molar-refractivity contribution is -0.117. The van der Waals surface area contributed by atoms with Crippen molar-refractivity contribution in [1.82, 2.24) is 0 Å². The Bertz CT molecular complexity index is 918. The largest absolute Gasteiger partial charge is 0.494 e. The first kappa shape index (κ1) is 21.4. The van der Waals surface area contributed by atoms with Gasteiger partial charge in [0.15, 0.2) is 11.6 Å². The summed E-state index contributed by atoms with van der Waals surface area (Å²) in [5, 5.41) is 0. The Hall–Kier alpha value is -1.93. The van der Waals surface area contributed by atoms with Gasteiger partial charge in [-0.25, -0.2) is 17.1 Å². The predicted octanol–water partition coefficient (Wildman–Crippen LogP) is 4.30. The molecule has 1 amide bonds. The van der Waals surface area contributed by atoms with Gasteiger partial charge < -0.3 is 4.74 Å². The van der Waals surface area contributed by atoms with Gasteiger partial charge in [0.05, 0.1) is 18.6 Å². The van der Waals surface area contributed by atoms with Crippen LogP contribution in [0.25, 0.3) is 0 Å². The number of amides is 1. The van der Waals surface area contributed by atoms with Crippen molar-refractivity contribution in [2.24, 2.45) is 0 Å². The SMILES string of the molecule is CCCS(=O)(=O)N(C(=O)CCc1cccc(Br)c1)c1ccc(OC)c(F)c1. The van der Waals surface area contributed by atoms with Crippen molar-refractivity contribution in [1.29, 1.82) is 0 Å². The molecule has 0 unspecified atom stereocenters. The van der Waals surface area contributed by atoms with Crippen LogP contribution in [0.1, 0.15) is 25.3 Å². The van der Waals surface area contributed by atoms with Crippen LogP contribution >= 0.6 is 15.9 Å². The van der Waals surface area contributed by atoms with E-state index in [-0.39, 0.29) is 23.6 Å². The number of sulfonamides is 1. The van der Waals surface area contributed by atoms with Gasteiger partial charge in [0.25, 0.3) is 0 Å². The summed E-state index contributed by atoms with van der Waals surface area (Å²) in [6.45, 7) is 1.70. The quantitative estimate of drug-likeness (QED) is 0.592. The fraction of sp³-hybridized carbons (Fsp3) is 0.316. The lowest BCUT2D eigenvalue weighted by Gasteiger charge is -2.23. The highest BCUT2D eigenvalue weighted by Crippen LogP contribution is 2.27. The first-order valence-electron chi connectivity index (χ1n) is 8.42. The summed E-state index contributed by atoms with van der Waals surface area (Å²) in [7, 11) is -2.59. The Morgan fingerprint density at radius 3 is 2.56 bits per heavy atom. The highest BCUT2D eigenvalue weighted by atomic mass is 79.9. The summed E-state index contributed by atoms with van der Waals surface area (Å²) in [5.41, 5.74) is 0.868. The molecule has 146 valence electrons. The lowest BCUT2D eigenvalue weighted by atomic mass is 10.1.